The Hall–Kier alpha value is -1.69. The van der Waals surface area contributed by atoms with Crippen LogP contribution in [0, 0.1) is 11.6 Å². The highest BCUT2D eigenvalue weighted by atomic mass is 35.5. The van der Waals surface area contributed by atoms with Crippen LogP contribution in [0.1, 0.15) is 18.1 Å². The molecule has 2 N–H and O–H groups in total. The van der Waals surface area contributed by atoms with Crippen molar-refractivity contribution in [2.45, 2.75) is 19.2 Å². The van der Waals surface area contributed by atoms with Crippen molar-refractivity contribution in [1.82, 2.24) is 0 Å². The molecule has 0 saturated carbocycles. The van der Waals surface area contributed by atoms with E-state index in [0.717, 1.165) is 12.1 Å². The van der Waals surface area contributed by atoms with Crippen LogP contribution in [0.25, 0.3) is 0 Å². The number of halogens is 4. The molecule has 3 nitrogen and oxygen atoms in total. The van der Waals surface area contributed by atoms with Gasteiger partial charge in [-0.1, -0.05) is 29.3 Å². The van der Waals surface area contributed by atoms with Gasteiger partial charge in [-0.05, 0) is 31.2 Å². The summed E-state index contributed by atoms with van der Waals surface area (Å²) in [6.07, 6.45) is -1.03. The van der Waals surface area contributed by atoms with Crippen LogP contribution >= 0.6 is 23.2 Å². The third-order valence-corrected chi connectivity index (χ3v) is 4.43. The van der Waals surface area contributed by atoms with Gasteiger partial charge in [0.1, 0.15) is 17.9 Å². The van der Waals surface area contributed by atoms with Crippen LogP contribution in [0.4, 0.5) is 14.5 Å². The highest BCUT2D eigenvalue weighted by molar-refractivity contribution is 6.45. The average Bonchev–Trinajstić information content (AvgIpc) is 2.61. The van der Waals surface area contributed by atoms with E-state index in [1.54, 1.807) is 13.0 Å². The standard InChI is InChI=1S/C16H12Cl2F2N2O/c1-7-16(23)22-11-6-5-8(17)14(18)13(11)15(21-7)12-9(19)3-2-4-10(12)20/h2-7,16,22-23H,1H3/t7-,16?/m0/s1. The van der Waals surface area contributed by atoms with E-state index in [1.807, 2.05) is 0 Å². The quantitative estimate of drug-likeness (QED) is 0.802. The van der Waals surface area contributed by atoms with Crippen LogP contribution in [0.5, 0.6) is 0 Å². The smallest absolute Gasteiger partial charge is 0.146 e. The minimum absolute atomic E-state index is 0.0136. The summed E-state index contributed by atoms with van der Waals surface area (Å²) in [5.41, 5.74) is 0.365. The van der Waals surface area contributed by atoms with E-state index < -0.39 is 23.9 Å². The number of fused-ring (bicyclic) bond motifs is 1. The number of aliphatic imine (C=N–C) groups is 1. The van der Waals surface area contributed by atoms with Crippen molar-refractivity contribution in [3.63, 3.8) is 0 Å². The molecule has 0 aromatic heterocycles. The molecule has 0 saturated heterocycles. The van der Waals surface area contributed by atoms with Crippen LogP contribution in [0.2, 0.25) is 10.0 Å². The van der Waals surface area contributed by atoms with Gasteiger partial charge in [-0.25, -0.2) is 8.78 Å². The summed E-state index contributed by atoms with van der Waals surface area (Å²) in [5.74, 6) is -1.54. The summed E-state index contributed by atoms with van der Waals surface area (Å²) in [6.45, 7) is 1.62. The lowest BCUT2D eigenvalue weighted by atomic mass is 9.99. The van der Waals surface area contributed by atoms with Gasteiger partial charge in [-0.2, -0.15) is 0 Å². The average molecular weight is 357 g/mol. The Labute approximate surface area is 141 Å². The first-order chi connectivity index (χ1) is 10.9. The van der Waals surface area contributed by atoms with Gasteiger partial charge in [-0.15, -0.1) is 0 Å². The van der Waals surface area contributed by atoms with E-state index in [2.05, 4.69) is 10.3 Å². The van der Waals surface area contributed by atoms with Crippen molar-refractivity contribution < 1.29 is 13.9 Å². The molecule has 1 heterocycles. The maximum Gasteiger partial charge on any atom is 0.146 e. The normalized spacial score (nSPS) is 20.3. The van der Waals surface area contributed by atoms with Gasteiger partial charge < -0.3 is 10.4 Å². The molecule has 0 radical (unpaired) electrons. The number of nitrogens with one attached hydrogen (secondary N) is 1. The fraction of sp³-hybridized carbons (Fsp3) is 0.188. The Morgan fingerprint density at radius 3 is 2.39 bits per heavy atom. The topological polar surface area (TPSA) is 44.6 Å². The van der Waals surface area contributed by atoms with Crippen molar-refractivity contribution in [1.29, 1.82) is 0 Å². The molecule has 1 aliphatic rings. The number of benzene rings is 2. The van der Waals surface area contributed by atoms with Gasteiger partial charge in [-0.3, -0.25) is 4.99 Å². The molecule has 1 unspecified atom stereocenters. The van der Waals surface area contributed by atoms with Crippen molar-refractivity contribution in [2.75, 3.05) is 5.32 Å². The third kappa shape index (κ3) is 2.80. The number of nitrogens with zero attached hydrogens (tertiary/aromatic N) is 1. The molecule has 0 bridgehead atoms. The van der Waals surface area contributed by atoms with Gasteiger partial charge in [0.15, 0.2) is 0 Å². The van der Waals surface area contributed by atoms with E-state index >= 15 is 0 Å². The maximum absolute atomic E-state index is 14.2. The van der Waals surface area contributed by atoms with Gasteiger partial charge in [0.05, 0.1) is 27.4 Å². The zero-order valence-electron chi connectivity index (χ0n) is 11.9. The Morgan fingerprint density at radius 1 is 1.09 bits per heavy atom. The zero-order valence-corrected chi connectivity index (χ0v) is 13.5. The molecule has 2 atom stereocenters. The Morgan fingerprint density at radius 2 is 1.74 bits per heavy atom. The molecule has 7 heteroatoms. The molecule has 0 amide bonds. The van der Waals surface area contributed by atoms with E-state index in [-0.39, 0.29) is 26.9 Å². The van der Waals surface area contributed by atoms with E-state index in [4.69, 9.17) is 23.2 Å². The first-order valence-electron chi connectivity index (χ1n) is 6.85. The fourth-order valence-electron chi connectivity index (χ4n) is 2.43. The molecule has 2 aromatic carbocycles. The minimum Gasteiger partial charge on any atom is -0.372 e. The number of rotatable bonds is 1. The molecular weight excluding hydrogens is 345 g/mol. The molecular formula is C16H12Cl2F2N2O. The van der Waals surface area contributed by atoms with E-state index in [9.17, 15) is 13.9 Å². The lowest BCUT2D eigenvalue weighted by Crippen LogP contribution is -2.28. The molecule has 3 rings (SSSR count). The lowest BCUT2D eigenvalue weighted by Gasteiger charge is -2.16. The van der Waals surface area contributed by atoms with Gasteiger partial charge >= 0.3 is 0 Å². The summed E-state index contributed by atoms with van der Waals surface area (Å²) in [4.78, 5) is 4.27. The predicted molar refractivity (Wildman–Crippen MR) is 87.6 cm³/mol. The molecule has 23 heavy (non-hydrogen) atoms. The van der Waals surface area contributed by atoms with Crippen LogP contribution in [-0.4, -0.2) is 23.1 Å². The van der Waals surface area contributed by atoms with E-state index in [1.165, 1.54) is 12.1 Å². The Bertz CT molecular complexity index is 791. The fourth-order valence-corrected chi connectivity index (χ4v) is 2.85. The highest BCUT2D eigenvalue weighted by Gasteiger charge is 2.29. The van der Waals surface area contributed by atoms with Gasteiger partial charge in [0.25, 0.3) is 0 Å². The summed E-state index contributed by atoms with van der Waals surface area (Å²) in [7, 11) is 0. The van der Waals surface area contributed by atoms with Crippen molar-refractivity contribution in [3.8, 4) is 0 Å². The highest BCUT2D eigenvalue weighted by Crippen LogP contribution is 2.36. The van der Waals surface area contributed by atoms with Crippen molar-refractivity contribution >= 4 is 34.6 Å². The van der Waals surface area contributed by atoms with Gasteiger partial charge in [0, 0.05) is 11.3 Å². The zero-order chi connectivity index (χ0) is 16.7. The largest absolute Gasteiger partial charge is 0.372 e. The van der Waals surface area contributed by atoms with Crippen molar-refractivity contribution in [3.05, 3.63) is 63.1 Å². The Balaban J connectivity index is 2.35. The second kappa shape index (κ2) is 6.07. The molecule has 1 aliphatic heterocycles. The van der Waals surface area contributed by atoms with E-state index in [0.29, 0.717) is 5.69 Å². The van der Waals surface area contributed by atoms with Crippen LogP contribution in [0.3, 0.4) is 0 Å². The minimum atomic E-state index is -1.03. The summed E-state index contributed by atoms with van der Waals surface area (Å²) in [5, 5.41) is 13.3. The monoisotopic (exact) mass is 356 g/mol. The molecule has 0 aliphatic carbocycles. The maximum atomic E-state index is 14.2. The SMILES string of the molecule is C[C@@H]1N=C(c2c(F)cccc2F)c2c(ccc(Cl)c2Cl)NC1O. The van der Waals surface area contributed by atoms with Crippen LogP contribution in [0.15, 0.2) is 35.3 Å². The Kier molecular flexibility index (Phi) is 4.27. The number of hydrogen-bond donors (Lipinski definition) is 2. The predicted octanol–water partition coefficient (Wildman–Crippen LogP) is 4.24. The number of anilines is 1. The number of hydrogen-bond acceptors (Lipinski definition) is 3. The first-order valence-corrected chi connectivity index (χ1v) is 7.61. The number of benzodiazepines with no additional fused rings is 1. The molecule has 120 valence electrons. The summed E-state index contributed by atoms with van der Waals surface area (Å²) < 4.78 is 28.5. The van der Waals surface area contributed by atoms with Crippen LogP contribution in [-0.2, 0) is 0 Å². The number of aliphatic hydroxyl groups is 1. The molecule has 0 spiro atoms. The third-order valence-electron chi connectivity index (χ3n) is 3.62. The summed E-state index contributed by atoms with van der Waals surface area (Å²) in [6, 6.07) is 6.01. The number of aliphatic hydroxyl groups excluding tert-OH is 1. The molecule has 0 fully saturated rings. The molecule has 2 aromatic rings. The van der Waals surface area contributed by atoms with Crippen LogP contribution < -0.4 is 5.32 Å². The second-order valence-corrected chi connectivity index (χ2v) is 5.97. The van der Waals surface area contributed by atoms with Crippen molar-refractivity contribution in [2.24, 2.45) is 4.99 Å². The second-order valence-electron chi connectivity index (χ2n) is 5.19. The lowest BCUT2D eigenvalue weighted by molar-refractivity contribution is 0.180. The van der Waals surface area contributed by atoms with Gasteiger partial charge in [0.2, 0.25) is 0 Å². The first kappa shape index (κ1) is 16.2. The summed E-state index contributed by atoms with van der Waals surface area (Å²) >= 11 is 12.3.